The molecule has 0 N–H and O–H groups in total. The first-order chi connectivity index (χ1) is 31.8. The number of hydrogen-bond acceptors (Lipinski definition) is 3. The van der Waals surface area contributed by atoms with Crippen LogP contribution >= 0.6 is 11.3 Å². The van der Waals surface area contributed by atoms with Gasteiger partial charge in [0, 0.05) is 48.7 Å². The van der Waals surface area contributed by atoms with Crippen LogP contribution in [0.15, 0.2) is 146 Å². The zero-order valence-electron chi connectivity index (χ0n) is 41.7. The molecule has 0 amide bonds. The molecule has 11 rings (SSSR count). The molecule has 1 aromatic heterocycles. The number of fused-ring (bicyclic) bond motifs is 7. The number of anilines is 6. The van der Waals surface area contributed by atoms with Gasteiger partial charge in [0.15, 0.2) is 0 Å². The van der Waals surface area contributed by atoms with Crippen molar-refractivity contribution in [3.63, 3.8) is 0 Å². The van der Waals surface area contributed by atoms with E-state index in [4.69, 9.17) is 0 Å². The van der Waals surface area contributed by atoms with Crippen LogP contribution < -0.4 is 25.5 Å². The van der Waals surface area contributed by atoms with Gasteiger partial charge < -0.3 is 9.80 Å². The molecular formula is C63H65BN2S. The first-order valence-corrected chi connectivity index (χ1v) is 25.5. The highest BCUT2D eigenvalue weighted by molar-refractivity contribution is 7.33. The number of rotatable bonds is 5. The van der Waals surface area contributed by atoms with Gasteiger partial charge in [-0.3, -0.25) is 0 Å². The Morgan fingerprint density at radius 1 is 0.537 bits per heavy atom. The second-order valence-corrected chi connectivity index (χ2v) is 24.5. The van der Waals surface area contributed by atoms with E-state index in [1.807, 2.05) is 11.3 Å². The number of benzene rings is 7. The summed E-state index contributed by atoms with van der Waals surface area (Å²) in [6.07, 6.45) is 2.38. The highest BCUT2D eigenvalue weighted by Crippen LogP contribution is 2.54. The summed E-state index contributed by atoms with van der Waals surface area (Å²) >= 11 is 2.04. The summed E-state index contributed by atoms with van der Waals surface area (Å²) in [6, 6.07) is 56.5. The van der Waals surface area contributed by atoms with Crippen LogP contribution in [0.25, 0.3) is 32.3 Å². The van der Waals surface area contributed by atoms with Crippen LogP contribution in [0.5, 0.6) is 0 Å². The molecule has 0 spiro atoms. The molecule has 0 radical (unpaired) electrons. The molecule has 3 aliphatic rings. The minimum Gasteiger partial charge on any atom is -0.310 e. The molecule has 336 valence electrons. The summed E-state index contributed by atoms with van der Waals surface area (Å²) in [4.78, 5) is 5.31. The van der Waals surface area contributed by atoms with Gasteiger partial charge in [0.25, 0.3) is 6.71 Å². The van der Waals surface area contributed by atoms with Crippen molar-refractivity contribution in [1.82, 2.24) is 0 Å². The van der Waals surface area contributed by atoms with Gasteiger partial charge in [-0.25, -0.2) is 0 Å². The molecule has 0 fully saturated rings. The number of nitrogens with zero attached hydrogens (tertiary/aromatic N) is 2. The standard InChI is InChI=1S/C63H65BN2S/c1-39(2)42-26-31-52-51(34-42)64-56-53(24-19-25-54(56)66(52)57-46(40-20-15-13-16-21-40)35-44(61(6,7)8)36-47(57)41-22-17-14-18-23-41)65(45-29-27-43(28-30-45)60(3,4)5)58-48-37-49-50(38-55(48)67-59(58)64)63(11,12)33-32-62(49,9)10/h13-31,34-39H,32-33H2,1-12H3. The Kier molecular flexibility index (Phi) is 10.0. The lowest BCUT2D eigenvalue weighted by molar-refractivity contribution is 0.332. The van der Waals surface area contributed by atoms with Gasteiger partial charge in [0.05, 0.1) is 11.4 Å². The minimum absolute atomic E-state index is 0.0425. The molecular weight excluding hydrogens is 828 g/mol. The number of thiophene rings is 1. The van der Waals surface area contributed by atoms with E-state index >= 15 is 0 Å². The zero-order chi connectivity index (χ0) is 46.9. The van der Waals surface area contributed by atoms with Crippen molar-refractivity contribution in [2.45, 2.75) is 124 Å². The Hall–Kier alpha value is -5.84. The molecule has 2 aliphatic heterocycles. The van der Waals surface area contributed by atoms with E-state index in [0.29, 0.717) is 5.92 Å². The monoisotopic (exact) mass is 892 g/mol. The molecule has 0 saturated heterocycles. The second kappa shape index (κ2) is 15.3. The SMILES string of the molecule is CC(C)c1ccc2c(c1)B1c3sc4cc5c(cc4c3N(c3ccc(C(C)(C)C)cc3)c3cccc(c31)N2c1c(-c2ccccc2)cc(C(C)(C)C)cc1-c1ccccc1)C(C)(C)CCC5(C)C. The van der Waals surface area contributed by atoms with Gasteiger partial charge in [-0.15, -0.1) is 11.3 Å². The van der Waals surface area contributed by atoms with E-state index in [2.05, 4.69) is 238 Å². The molecule has 0 unspecified atom stereocenters. The van der Waals surface area contributed by atoms with Gasteiger partial charge in [-0.1, -0.05) is 174 Å². The molecule has 0 atom stereocenters. The highest BCUT2D eigenvalue weighted by Gasteiger charge is 2.47. The van der Waals surface area contributed by atoms with Crippen LogP contribution in [0.4, 0.5) is 34.1 Å². The molecule has 2 nitrogen and oxygen atoms in total. The second-order valence-electron chi connectivity index (χ2n) is 23.5. The summed E-state index contributed by atoms with van der Waals surface area (Å²) in [5.74, 6) is 0.376. The lowest BCUT2D eigenvalue weighted by atomic mass is 9.36. The molecule has 0 saturated carbocycles. The smallest absolute Gasteiger partial charge is 0.264 e. The minimum atomic E-state index is -0.0706. The highest BCUT2D eigenvalue weighted by atomic mass is 32.1. The molecule has 7 aromatic carbocycles. The third-order valence-electron chi connectivity index (χ3n) is 15.6. The van der Waals surface area contributed by atoms with Crippen LogP contribution in [0, 0.1) is 0 Å². The van der Waals surface area contributed by atoms with Crippen molar-refractivity contribution in [2.24, 2.45) is 0 Å². The van der Waals surface area contributed by atoms with E-state index in [0.717, 1.165) is 0 Å². The van der Waals surface area contributed by atoms with Gasteiger partial charge >= 0.3 is 0 Å². The van der Waals surface area contributed by atoms with E-state index in [1.165, 1.54) is 123 Å². The van der Waals surface area contributed by atoms with E-state index in [-0.39, 0.29) is 28.4 Å². The maximum atomic E-state index is 2.66. The van der Waals surface area contributed by atoms with Crippen molar-refractivity contribution >= 4 is 78.0 Å². The predicted molar refractivity (Wildman–Crippen MR) is 293 cm³/mol. The van der Waals surface area contributed by atoms with Gasteiger partial charge in [-0.05, 0) is 145 Å². The quantitative estimate of drug-likeness (QED) is 0.159. The molecule has 0 bridgehead atoms. The van der Waals surface area contributed by atoms with Crippen LogP contribution in [0.2, 0.25) is 0 Å². The fourth-order valence-electron chi connectivity index (χ4n) is 11.5. The Labute approximate surface area is 404 Å². The normalized spacial score (nSPS) is 15.9. The fraction of sp³-hybridized carbons (Fsp3) is 0.302. The summed E-state index contributed by atoms with van der Waals surface area (Å²) in [5, 5.41) is 1.37. The Balaban J connectivity index is 1.28. The molecule has 67 heavy (non-hydrogen) atoms. The maximum absolute atomic E-state index is 2.66. The largest absolute Gasteiger partial charge is 0.310 e. The average molecular weight is 893 g/mol. The summed E-state index contributed by atoms with van der Waals surface area (Å²) in [7, 11) is 0. The van der Waals surface area contributed by atoms with Crippen molar-refractivity contribution in [3.05, 3.63) is 173 Å². The van der Waals surface area contributed by atoms with Crippen molar-refractivity contribution in [2.75, 3.05) is 9.80 Å². The molecule has 8 aromatic rings. The first-order valence-electron chi connectivity index (χ1n) is 24.7. The fourth-order valence-corrected chi connectivity index (χ4v) is 12.8. The maximum Gasteiger partial charge on any atom is 0.264 e. The Bertz CT molecular complexity index is 3170. The van der Waals surface area contributed by atoms with Gasteiger partial charge in [-0.2, -0.15) is 0 Å². The summed E-state index contributed by atoms with van der Waals surface area (Å²) in [5.41, 5.74) is 22.4. The van der Waals surface area contributed by atoms with Crippen molar-refractivity contribution in [1.29, 1.82) is 0 Å². The lowest BCUT2D eigenvalue weighted by Gasteiger charge is -2.44. The van der Waals surface area contributed by atoms with E-state index in [1.54, 1.807) is 0 Å². The third-order valence-corrected chi connectivity index (χ3v) is 16.8. The zero-order valence-corrected chi connectivity index (χ0v) is 42.5. The molecule has 1 aliphatic carbocycles. The first kappa shape index (κ1) is 43.7. The average Bonchev–Trinajstić information content (AvgIpc) is 3.68. The molecule has 4 heteroatoms. The van der Waals surface area contributed by atoms with Crippen LogP contribution in [0.1, 0.15) is 130 Å². The Morgan fingerprint density at radius 2 is 1.09 bits per heavy atom. The van der Waals surface area contributed by atoms with Crippen LogP contribution in [-0.2, 0) is 21.7 Å². The summed E-state index contributed by atoms with van der Waals surface area (Å²) in [6.45, 7) is 28.6. The van der Waals surface area contributed by atoms with Gasteiger partial charge in [0.2, 0.25) is 0 Å². The topological polar surface area (TPSA) is 6.48 Å². The lowest BCUT2D eigenvalue weighted by Crippen LogP contribution is -2.60. The third kappa shape index (κ3) is 7.03. The van der Waals surface area contributed by atoms with Crippen LogP contribution in [0.3, 0.4) is 0 Å². The van der Waals surface area contributed by atoms with Gasteiger partial charge in [0.1, 0.15) is 0 Å². The van der Waals surface area contributed by atoms with Crippen molar-refractivity contribution in [3.8, 4) is 22.3 Å². The Morgan fingerprint density at radius 3 is 1.64 bits per heavy atom. The van der Waals surface area contributed by atoms with E-state index < -0.39 is 0 Å². The van der Waals surface area contributed by atoms with Crippen molar-refractivity contribution < 1.29 is 0 Å². The van der Waals surface area contributed by atoms with Crippen LogP contribution in [-0.4, -0.2) is 6.71 Å². The summed E-state index contributed by atoms with van der Waals surface area (Å²) < 4.78 is 2.82. The van der Waals surface area contributed by atoms with E-state index in [9.17, 15) is 0 Å². The predicted octanol–water partition coefficient (Wildman–Crippen LogP) is 16.4. The number of hydrogen-bond donors (Lipinski definition) is 0. The molecule has 3 heterocycles.